The number of hydrogen-bond acceptors (Lipinski definition) is 4. The van der Waals surface area contributed by atoms with E-state index in [1.165, 1.54) is 10.6 Å². The molecule has 0 aliphatic heterocycles. The molecule has 0 fully saturated rings. The molecule has 0 radical (unpaired) electrons. The van der Waals surface area contributed by atoms with Gasteiger partial charge in [-0.25, -0.2) is 17.7 Å². The van der Waals surface area contributed by atoms with E-state index in [2.05, 4.69) is 17.2 Å². The predicted octanol–water partition coefficient (Wildman–Crippen LogP) is 0.742. The lowest BCUT2D eigenvalue weighted by Crippen LogP contribution is -2.33. The Balaban J connectivity index is 2.33. The monoisotopic (exact) mass is 288 g/mol. The van der Waals surface area contributed by atoms with Gasteiger partial charge in [0.1, 0.15) is 5.82 Å². The molecule has 0 aliphatic carbocycles. The Morgan fingerprint density at radius 2 is 2.21 bits per heavy atom. The van der Waals surface area contributed by atoms with Gasteiger partial charge < -0.3 is 9.88 Å². The molecule has 0 spiro atoms. The standard InChI is InChI=1S/C12H24N4O2S/c1-5-16(19(4,17)18)9-6-7-13-11(2)12-14-8-10-15(12)3/h8,10-11,13H,5-7,9H2,1-4H3. The summed E-state index contributed by atoms with van der Waals surface area (Å²) >= 11 is 0. The van der Waals surface area contributed by atoms with E-state index >= 15 is 0 Å². The Labute approximate surface area is 115 Å². The number of rotatable bonds is 8. The lowest BCUT2D eigenvalue weighted by molar-refractivity contribution is 0.411. The lowest BCUT2D eigenvalue weighted by Gasteiger charge is -2.19. The Kier molecular flexibility index (Phi) is 5.96. The second kappa shape index (κ2) is 7.02. The van der Waals surface area contributed by atoms with Crippen LogP contribution < -0.4 is 5.32 Å². The summed E-state index contributed by atoms with van der Waals surface area (Å²) < 4.78 is 26.3. The summed E-state index contributed by atoms with van der Waals surface area (Å²) in [6.07, 6.45) is 5.72. The fourth-order valence-corrected chi connectivity index (χ4v) is 2.95. The van der Waals surface area contributed by atoms with Crippen LogP contribution in [0.25, 0.3) is 0 Å². The van der Waals surface area contributed by atoms with Crippen LogP contribution in [-0.4, -0.2) is 48.2 Å². The van der Waals surface area contributed by atoms with E-state index in [-0.39, 0.29) is 6.04 Å². The molecule has 1 heterocycles. The summed E-state index contributed by atoms with van der Waals surface area (Å²) in [5, 5.41) is 3.35. The van der Waals surface area contributed by atoms with Crippen LogP contribution in [-0.2, 0) is 17.1 Å². The molecule has 1 atom stereocenters. The summed E-state index contributed by atoms with van der Waals surface area (Å²) in [5.41, 5.74) is 0. The van der Waals surface area contributed by atoms with Gasteiger partial charge in [-0.2, -0.15) is 0 Å². The summed E-state index contributed by atoms with van der Waals surface area (Å²) in [6, 6.07) is 0.160. The predicted molar refractivity (Wildman–Crippen MR) is 76.3 cm³/mol. The van der Waals surface area contributed by atoms with Crippen LogP contribution in [0, 0.1) is 0 Å². The molecule has 6 nitrogen and oxygen atoms in total. The summed E-state index contributed by atoms with van der Waals surface area (Å²) in [6.45, 7) is 5.74. The van der Waals surface area contributed by atoms with Crippen LogP contribution >= 0.6 is 0 Å². The van der Waals surface area contributed by atoms with Crippen molar-refractivity contribution in [2.75, 3.05) is 25.9 Å². The zero-order valence-electron chi connectivity index (χ0n) is 12.1. The zero-order valence-corrected chi connectivity index (χ0v) is 12.9. The highest BCUT2D eigenvalue weighted by atomic mass is 32.2. The van der Waals surface area contributed by atoms with Gasteiger partial charge in [0.05, 0.1) is 12.3 Å². The van der Waals surface area contributed by atoms with Crippen molar-refractivity contribution in [2.24, 2.45) is 7.05 Å². The van der Waals surface area contributed by atoms with E-state index in [9.17, 15) is 8.42 Å². The van der Waals surface area contributed by atoms with Crippen molar-refractivity contribution in [3.05, 3.63) is 18.2 Å². The summed E-state index contributed by atoms with van der Waals surface area (Å²) in [4.78, 5) is 4.28. The van der Waals surface area contributed by atoms with Crippen molar-refractivity contribution in [1.29, 1.82) is 0 Å². The van der Waals surface area contributed by atoms with E-state index in [4.69, 9.17) is 0 Å². The minimum Gasteiger partial charge on any atom is -0.337 e. The smallest absolute Gasteiger partial charge is 0.211 e. The first-order chi connectivity index (χ1) is 8.86. The number of aromatic nitrogens is 2. The fourth-order valence-electron chi connectivity index (χ4n) is 2.02. The molecule has 0 amide bonds. The highest BCUT2D eigenvalue weighted by Gasteiger charge is 2.14. The van der Waals surface area contributed by atoms with E-state index in [1.807, 2.05) is 24.7 Å². The maximum Gasteiger partial charge on any atom is 0.211 e. The minimum atomic E-state index is -3.08. The number of aryl methyl sites for hydroxylation is 1. The molecule has 1 aromatic rings. The number of nitrogens with zero attached hydrogens (tertiary/aromatic N) is 3. The molecular weight excluding hydrogens is 264 g/mol. The number of nitrogens with one attached hydrogen (secondary N) is 1. The van der Waals surface area contributed by atoms with Gasteiger partial charge in [-0.15, -0.1) is 0 Å². The Hall–Kier alpha value is -0.920. The van der Waals surface area contributed by atoms with E-state index in [0.717, 1.165) is 18.8 Å². The lowest BCUT2D eigenvalue weighted by atomic mass is 10.3. The number of sulfonamides is 1. The molecule has 110 valence electrons. The molecule has 7 heteroatoms. The maximum absolute atomic E-state index is 11.4. The Bertz CT molecular complexity index is 484. The van der Waals surface area contributed by atoms with Gasteiger partial charge in [0.15, 0.2) is 0 Å². The highest BCUT2D eigenvalue weighted by molar-refractivity contribution is 7.88. The molecule has 0 saturated heterocycles. The van der Waals surface area contributed by atoms with Crippen molar-refractivity contribution in [3.8, 4) is 0 Å². The molecule has 0 aliphatic rings. The summed E-state index contributed by atoms with van der Waals surface area (Å²) in [5.74, 6) is 0.982. The average molecular weight is 288 g/mol. The van der Waals surface area contributed by atoms with Crippen LogP contribution in [0.15, 0.2) is 12.4 Å². The van der Waals surface area contributed by atoms with Crippen molar-refractivity contribution >= 4 is 10.0 Å². The van der Waals surface area contributed by atoms with E-state index in [0.29, 0.717) is 13.1 Å². The molecule has 1 N–H and O–H groups in total. The van der Waals surface area contributed by atoms with E-state index < -0.39 is 10.0 Å². The molecular formula is C12H24N4O2S. The van der Waals surface area contributed by atoms with E-state index in [1.54, 1.807) is 6.20 Å². The molecule has 19 heavy (non-hydrogen) atoms. The third kappa shape index (κ3) is 4.93. The van der Waals surface area contributed by atoms with Gasteiger partial charge in [0.2, 0.25) is 10.0 Å². The first-order valence-electron chi connectivity index (χ1n) is 6.52. The SMILES string of the molecule is CCN(CCCNC(C)c1nccn1C)S(C)(=O)=O. The minimum absolute atomic E-state index is 0.160. The van der Waals surface area contributed by atoms with Gasteiger partial charge in [0.25, 0.3) is 0 Å². The van der Waals surface area contributed by atoms with Crippen molar-refractivity contribution < 1.29 is 8.42 Å². The molecule has 1 unspecified atom stereocenters. The maximum atomic E-state index is 11.4. The van der Waals surface area contributed by atoms with Crippen LogP contribution in [0.1, 0.15) is 32.1 Å². The quantitative estimate of drug-likeness (QED) is 0.717. The molecule has 1 aromatic heterocycles. The number of hydrogen-bond donors (Lipinski definition) is 1. The first kappa shape index (κ1) is 16.1. The van der Waals surface area contributed by atoms with Gasteiger partial charge in [-0.05, 0) is 19.9 Å². The normalized spacial score (nSPS) is 13.9. The van der Waals surface area contributed by atoms with Crippen molar-refractivity contribution in [2.45, 2.75) is 26.3 Å². The van der Waals surface area contributed by atoms with Gasteiger partial charge >= 0.3 is 0 Å². The molecule has 0 bridgehead atoms. The van der Waals surface area contributed by atoms with Gasteiger partial charge in [-0.3, -0.25) is 0 Å². The topological polar surface area (TPSA) is 67.2 Å². The van der Waals surface area contributed by atoms with Crippen LogP contribution in [0.3, 0.4) is 0 Å². The van der Waals surface area contributed by atoms with Crippen molar-refractivity contribution in [1.82, 2.24) is 19.2 Å². The third-order valence-corrected chi connectivity index (χ3v) is 4.48. The Morgan fingerprint density at radius 1 is 1.53 bits per heavy atom. The molecule has 0 saturated carbocycles. The van der Waals surface area contributed by atoms with Crippen LogP contribution in [0.5, 0.6) is 0 Å². The number of imidazole rings is 1. The van der Waals surface area contributed by atoms with Gasteiger partial charge in [-0.1, -0.05) is 6.92 Å². The Morgan fingerprint density at radius 3 is 2.68 bits per heavy atom. The van der Waals surface area contributed by atoms with Gasteiger partial charge in [0, 0.05) is 32.5 Å². The zero-order chi connectivity index (χ0) is 14.5. The first-order valence-corrected chi connectivity index (χ1v) is 8.36. The fraction of sp³-hybridized carbons (Fsp3) is 0.750. The highest BCUT2D eigenvalue weighted by Crippen LogP contribution is 2.08. The van der Waals surface area contributed by atoms with Crippen LogP contribution in [0.4, 0.5) is 0 Å². The largest absolute Gasteiger partial charge is 0.337 e. The average Bonchev–Trinajstić information content (AvgIpc) is 2.73. The second-order valence-electron chi connectivity index (χ2n) is 4.68. The molecule has 1 rings (SSSR count). The van der Waals surface area contributed by atoms with Crippen molar-refractivity contribution in [3.63, 3.8) is 0 Å². The third-order valence-electron chi connectivity index (χ3n) is 3.10. The van der Waals surface area contributed by atoms with Crippen LogP contribution in [0.2, 0.25) is 0 Å². The summed E-state index contributed by atoms with van der Waals surface area (Å²) in [7, 11) is -1.12. The second-order valence-corrected chi connectivity index (χ2v) is 6.66. The molecule has 0 aromatic carbocycles.